The van der Waals surface area contributed by atoms with Crippen molar-refractivity contribution in [2.45, 2.75) is 32.0 Å². The summed E-state index contributed by atoms with van der Waals surface area (Å²) in [4.78, 5) is 0. The monoisotopic (exact) mass is 291 g/mol. The third-order valence-electron chi connectivity index (χ3n) is 3.32. The quantitative estimate of drug-likeness (QED) is 0.852. The highest BCUT2D eigenvalue weighted by Gasteiger charge is 2.20. The molecule has 1 fully saturated rings. The fourth-order valence-electron chi connectivity index (χ4n) is 2.05. The molecule has 0 unspecified atom stereocenters. The van der Waals surface area contributed by atoms with Gasteiger partial charge in [-0.1, -0.05) is 11.6 Å². The molecule has 1 aromatic carbocycles. The second kappa shape index (κ2) is 6.29. The predicted molar refractivity (Wildman–Crippen MR) is 79.0 cm³/mol. The molecule has 0 bridgehead atoms. The summed E-state index contributed by atoms with van der Waals surface area (Å²) in [6.07, 6.45) is 6.25. The van der Waals surface area contributed by atoms with Crippen LogP contribution in [0.4, 0.5) is 0 Å². The van der Waals surface area contributed by atoms with Crippen molar-refractivity contribution in [2.75, 3.05) is 6.61 Å². The van der Waals surface area contributed by atoms with Crippen molar-refractivity contribution in [3.63, 3.8) is 0 Å². The number of benzene rings is 1. The Hall–Kier alpha value is -1.52. The zero-order valence-electron chi connectivity index (χ0n) is 11.3. The van der Waals surface area contributed by atoms with Crippen molar-refractivity contribution < 1.29 is 4.74 Å². The number of hydrogen-bond donors (Lipinski definition) is 1. The third-order valence-corrected chi connectivity index (χ3v) is 3.55. The molecule has 1 aromatic heterocycles. The van der Waals surface area contributed by atoms with Crippen molar-refractivity contribution in [1.29, 1.82) is 0 Å². The van der Waals surface area contributed by atoms with E-state index in [0.717, 1.165) is 29.4 Å². The molecule has 3 rings (SSSR count). The lowest BCUT2D eigenvalue weighted by atomic mass is 10.2. The van der Waals surface area contributed by atoms with E-state index in [1.807, 2.05) is 35.1 Å². The molecule has 2 aromatic rings. The Morgan fingerprint density at radius 2 is 2.30 bits per heavy atom. The molecular weight excluding hydrogens is 274 g/mol. The smallest absolute Gasteiger partial charge is 0.123 e. The topological polar surface area (TPSA) is 39.1 Å². The molecule has 1 saturated carbocycles. The highest BCUT2D eigenvalue weighted by atomic mass is 35.5. The molecule has 5 heteroatoms. The molecule has 1 N–H and O–H groups in total. The number of hydrogen-bond acceptors (Lipinski definition) is 3. The lowest BCUT2D eigenvalue weighted by Gasteiger charge is -2.12. The molecule has 1 heterocycles. The van der Waals surface area contributed by atoms with Crippen LogP contribution in [0.3, 0.4) is 0 Å². The van der Waals surface area contributed by atoms with E-state index in [1.165, 1.54) is 12.8 Å². The summed E-state index contributed by atoms with van der Waals surface area (Å²) in [5.74, 6) is 0.898. The highest BCUT2D eigenvalue weighted by molar-refractivity contribution is 6.30. The standard InChI is InChI=1S/C15H18ClN3O/c16-13-2-5-15(12(10-13)11-17-14-3-4-14)20-9-8-19-7-1-6-18-19/h1-2,5-7,10,14,17H,3-4,8-9,11H2. The minimum Gasteiger partial charge on any atom is -0.491 e. The maximum atomic E-state index is 6.07. The Balaban J connectivity index is 1.58. The first kappa shape index (κ1) is 13.5. The number of ether oxygens (including phenoxy) is 1. The number of nitrogens with one attached hydrogen (secondary N) is 1. The van der Waals surface area contributed by atoms with Gasteiger partial charge in [0, 0.05) is 35.6 Å². The van der Waals surface area contributed by atoms with E-state index in [9.17, 15) is 0 Å². The van der Waals surface area contributed by atoms with Gasteiger partial charge >= 0.3 is 0 Å². The van der Waals surface area contributed by atoms with Crippen molar-refractivity contribution in [3.05, 3.63) is 47.2 Å². The van der Waals surface area contributed by atoms with Crippen LogP contribution in [0.25, 0.3) is 0 Å². The van der Waals surface area contributed by atoms with Crippen LogP contribution in [-0.4, -0.2) is 22.4 Å². The fraction of sp³-hybridized carbons (Fsp3) is 0.400. The molecule has 0 spiro atoms. The zero-order valence-corrected chi connectivity index (χ0v) is 12.0. The molecule has 106 valence electrons. The van der Waals surface area contributed by atoms with Gasteiger partial charge < -0.3 is 10.1 Å². The molecular formula is C15H18ClN3O. The summed E-state index contributed by atoms with van der Waals surface area (Å²) >= 11 is 6.07. The molecule has 1 aliphatic rings. The van der Waals surface area contributed by atoms with Gasteiger partial charge in [-0.2, -0.15) is 5.10 Å². The molecule has 0 atom stereocenters. The fourth-order valence-corrected chi connectivity index (χ4v) is 2.25. The molecule has 1 aliphatic carbocycles. The van der Waals surface area contributed by atoms with Crippen LogP contribution in [0.15, 0.2) is 36.7 Å². The second-order valence-corrected chi connectivity index (χ2v) is 5.46. The van der Waals surface area contributed by atoms with Crippen LogP contribution in [0, 0.1) is 0 Å². The van der Waals surface area contributed by atoms with Crippen molar-refractivity contribution in [3.8, 4) is 5.75 Å². The predicted octanol–water partition coefficient (Wildman–Crippen LogP) is 2.87. The van der Waals surface area contributed by atoms with Gasteiger partial charge in [0.05, 0.1) is 6.54 Å². The summed E-state index contributed by atoms with van der Waals surface area (Å²) in [6, 6.07) is 8.36. The van der Waals surface area contributed by atoms with Crippen LogP contribution >= 0.6 is 11.6 Å². The Morgan fingerprint density at radius 3 is 3.05 bits per heavy atom. The minimum atomic E-state index is 0.597. The van der Waals surface area contributed by atoms with Crippen LogP contribution < -0.4 is 10.1 Å². The highest BCUT2D eigenvalue weighted by Crippen LogP contribution is 2.25. The molecule has 0 amide bonds. The molecule has 0 aliphatic heterocycles. The average Bonchev–Trinajstić information content (AvgIpc) is 3.13. The lowest BCUT2D eigenvalue weighted by Crippen LogP contribution is -2.16. The zero-order chi connectivity index (χ0) is 13.8. The SMILES string of the molecule is Clc1ccc(OCCn2cccn2)c(CNC2CC2)c1. The molecule has 20 heavy (non-hydrogen) atoms. The number of rotatable bonds is 7. The van der Waals surface area contributed by atoms with E-state index < -0.39 is 0 Å². The first-order valence-corrected chi connectivity index (χ1v) is 7.31. The van der Waals surface area contributed by atoms with E-state index in [-0.39, 0.29) is 0 Å². The van der Waals surface area contributed by atoms with E-state index in [4.69, 9.17) is 16.3 Å². The molecule has 4 nitrogen and oxygen atoms in total. The van der Waals surface area contributed by atoms with Gasteiger partial charge in [0.1, 0.15) is 12.4 Å². The Kier molecular flexibility index (Phi) is 4.23. The van der Waals surface area contributed by atoms with Gasteiger partial charge in [0.25, 0.3) is 0 Å². The third kappa shape index (κ3) is 3.74. The van der Waals surface area contributed by atoms with E-state index in [2.05, 4.69) is 10.4 Å². The number of halogens is 1. The number of aromatic nitrogens is 2. The summed E-state index contributed by atoms with van der Waals surface area (Å²) in [6.45, 7) is 2.15. The first-order valence-electron chi connectivity index (χ1n) is 6.93. The Labute approximate surface area is 123 Å². The van der Waals surface area contributed by atoms with Crippen LogP contribution in [0.5, 0.6) is 5.75 Å². The summed E-state index contributed by atoms with van der Waals surface area (Å²) in [5, 5.41) is 8.39. The minimum absolute atomic E-state index is 0.597. The summed E-state index contributed by atoms with van der Waals surface area (Å²) in [5.41, 5.74) is 1.12. The van der Waals surface area contributed by atoms with E-state index in [0.29, 0.717) is 12.6 Å². The summed E-state index contributed by atoms with van der Waals surface area (Å²) in [7, 11) is 0. The van der Waals surface area contributed by atoms with E-state index in [1.54, 1.807) is 6.20 Å². The first-order chi connectivity index (χ1) is 9.81. The van der Waals surface area contributed by atoms with E-state index >= 15 is 0 Å². The number of nitrogens with zero attached hydrogens (tertiary/aromatic N) is 2. The second-order valence-electron chi connectivity index (χ2n) is 5.02. The van der Waals surface area contributed by atoms with Crippen LogP contribution in [0.2, 0.25) is 5.02 Å². The maximum absolute atomic E-state index is 6.07. The van der Waals surface area contributed by atoms with Gasteiger partial charge in [-0.3, -0.25) is 4.68 Å². The Bertz CT molecular complexity index is 552. The van der Waals surface area contributed by atoms with Gasteiger partial charge in [-0.15, -0.1) is 0 Å². The summed E-state index contributed by atoms with van der Waals surface area (Å²) < 4.78 is 7.72. The maximum Gasteiger partial charge on any atom is 0.123 e. The van der Waals surface area contributed by atoms with Crippen molar-refractivity contribution >= 4 is 11.6 Å². The normalized spacial score (nSPS) is 14.4. The average molecular weight is 292 g/mol. The van der Waals surface area contributed by atoms with Gasteiger partial charge in [-0.25, -0.2) is 0 Å². The van der Waals surface area contributed by atoms with Gasteiger partial charge in [0.15, 0.2) is 0 Å². The Morgan fingerprint density at radius 1 is 1.40 bits per heavy atom. The molecule has 0 saturated heterocycles. The van der Waals surface area contributed by atoms with Crippen LogP contribution in [-0.2, 0) is 13.1 Å². The lowest BCUT2D eigenvalue weighted by molar-refractivity contribution is 0.288. The van der Waals surface area contributed by atoms with Gasteiger partial charge in [-0.05, 0) is 37.1 Å². The van der Waals surface area contributed by atoms with Crippen molar-refractivity contribution in [1.82, 2.24) is 15.1 Å². The largest absolute Gasteiger partial charge is 0.491 e. The van der Waals surface area contributed by atoms with Gasteiger partial charge in [0.2, 0.25) is 0 Å². The van der Waals surface area contributed by atoms with Crippen LogP contribution in [0.1, 0.15) is 18.4 Å². The molecule has 0 radical (unpaired) electrons. The van der Waals surface area contributed by atoms with Crippen molar-refractivity contribution in [2.24, 2.45) is 0 Å².